The maximum Gasteiger partial charge on any atom is 0.373 e. The van der Waals surface area contributed by atoms with Gasteiger partial charge in [0.25, 0.3) is 5.91 Å². The monoisotopic (exact) mass is 530 g/mol. The lowest BCUT2D eigenvalue weighted by atomic mass is 10.0. The van der Waals surface area contributed by atoms with Crippen molar-refractivity contribution in [3.63, 3.8) is 0 Å². The Morgan fingerprint density at radius 2 is 1.48 bits per heavy atom. The molecule has 0 aliphatic heterocycles. The van der Waals surface area contributed by atoms with Crippen LogP contribution in [0.1, 0.15) is 58.1 Å². The summed E-state index contributed by atoms with van der Waals surface area (Å²) in [5.41, 5.74) is 10.4. The van der Waals surface area contributed by atoms with E-state index in [1.807, 2.05) is 18.2 Å². The zero-order valence-corrected chi connectivity index (χ0v) is 23.4. The summed E-state index contributed by atoms with van der Waals surface area (Å²) in [7, 11) is 0. The van der Waals surface area contributed by atoms with Crippen LogP contribution < -0.4 is 5.32 Å². The molecule has 1 amide bonds. The first-order valence-electron chi connectivity index (χ1n) is 13.4. The van der Waals surface area contributed by atoms with Crippen LogP contribution in [0.25, 0.3) is 22.0 Å². The molecular weight excluding hydrogens is 496 g/mol. The van der Waals surface area contributed by atoms with E-state index in [4.69, 9.17) is 9.59 Å². The smallest absolute Gasteiger partial charge is 0.348 e. The number of amides is 1. The van der Waals surface area contributed by atoms with E-state index in [2.05, 4.69) is 116 Å². The Labute approximate surface area is 235 Å². The Morgan fingerprint density at radius 3 is 2.15 bits per heavy atom. The number of nitrogens with one attached hydrogen (secondary N) is 1. The van der Waals surface area contributed by atoms with Crippen LogP contribution >= 0.6 is 0 Å². The number of hydrogen-bond acceptors (Lipinski definition) is 3. The van der Waals surface area contributed by atoms with Gasteiger partial charge >= 0.3 is 6.15 Å². The molecule has 1 heterocycles. The third-order valence-corrected chi connectivity index (χ3v) is 7.37. The van der Waals surface area contributed by atoms with Gasteiger partial charge in [-0.1, -0.05) is 92.7 Å². The summed E-state index contributed by atoms with van der Waals surface area (Å²) in [6, 6.07) is 33.8. The predicted molar refractivity (Wildman–Crippen MR) is 159 cm³/mol. The Hall–Kier alpha value is -4.73. The molecule has 0 radical (unpaired) electrons. The Balaban J connectivity index is 0.00000118. The first-order valence-corrected chi connectivity index (χ1v) is 13.4. The number of rotatable bonds is 7. The van der Waals surface area contributed by atoms with Crippen LogP contribution in [0.15, 0.2) is 97.1 Å². The minimum absolute atomic E-state index is 0.0434. The highest BCUT2D eigenvalue weighted by Gasteiger charge is 2.15. The number of carbonyl (C=O) groups excluding carboxylic acids is 3. The summed E-state index contributed by atoms with van der Waals surface area (Å²) in [5.74, 6) is 0.424. The van der Waals surface area contributed by atoms with Gasteiger partial charge in [-0.05, 0) is 71.3 Å². The van der Waals surface area contributed by atoms with Crippen LogP contribution in [0.2, 0.25) is 0 Å². The average molecular weight is 531 g/mol. The topological polar surface area (TPSA) is 68.2 Å². The molecule has 202 valence electrons. The molecule has 0 fully saturated rings. The number of benzene rings is 4. The number of fused-ring (bicyclic) bond motifs is 1. The van der Waals surface area contributed by atoms with Crippen molar-refractivity contribution in [1.29, 1.82) is 0 Å². The molecule has 0 bridgehead atoms. The van der Waals surface area contributed by atoms with E-state index in [1.165, 1.54) is 33.5 Å². The molecule has 0 saturated heterocycles. The first-order chi connectivity index (χ1) is 19.3. The zero-order chi connectivity index (χ0) is 28.6. The van der Waals surface area contributed by atoms with Crippen LogP contribution in [0, 0.1) is 13.8 Å². The number of carbonyl (C=O) groups is 1. The zero-order valence-electron chi connectivity index (χ0n) is 23.4. The molecule has 5 heteroatoms. The lowest BCUT2D eigenvalue weighted by Crippen LogP contribution is -2.22. The molecule has 5 aromatic rings. The van der Waals surface area contributed by atoms with E-state index in [-0.39, 0.29) is 12.1 Å². The standard InChI is InChI=1S/C34H34N2O.CO2/c1-23(2)30-12-8-9-27(19-30)21-35-34(37)31-17-18-33-32(20-31)24(3)25(4)36(33)22-26-13-15-29(16-14-26)28-10-6-5-7-11-28;2-1-3/h5-20,23H,21-22H2,1-4H3,(H,35,37);. The fourth-order valence-corrected chi connectivity index (χ4v) is 4.96. The lowest BCUT2D eigenvalue weighted by molar-refractivity contribution is -0.191. The van der Waals surface area contributed by atoms with Crippen LogP contribution in [0.3, 0.4) is 0 Å². The van der Waals surface area contributed by atoms with Gasteiger partial charge in [-0.2, -0.15) is 9.59 Å². The van der Waals surface area contributed by atoms with E-state index in [1.54, 1.807) is 0 Å². The normalized spacial score (nSPS) is 10.6. The first kappa shape index (κ1) is 28.3. The van der Waals surface area contributed by atoms with Crippen molar-refractivity contribution in [2.45, 2.75) is 46.7 Å². The maximum absolute atomic E-state index is 13.0. The molecule has 0 unspecified atom stereocenters. The Bertz CT molecular complexity index is 1640. The van der Waals surface area contributed by atoms with Crippen molar-refractivity contribution in [3.8, 4) is 11.1 Å². The fraction of sp³-hybridized carbons (Fsp3) is 0.200. The summed E-state index contributed by atoms with van der Waals surface area (Å²) in [6.45, 7) is 9.99. The van der Waals surface area contributed by atoms with Gasteiger partial charge in [-0.15, -0.1) is 0 Å². The van der Waals surface area contributed by atoms with Crippen molar-refractivity contribution in [3.05, 3.63) is 131 Å². The predicted octanol–water partition coefficient (Wildman–Crippen LogP) is 7.44. The Morgan fingerprint density at radius 1 is 0.800 bits per heavy atom. The highest BCUT2D eigenvalue weighted by Crippen LogP contribution is 2.28. The Kier molecular flexibility index (Phi) is 9.11. The van der Waals surface area contributed by atoms with E-state index >= 15 is 0 Å². The molecule has 0 atom stereocenters. The van der Waals surface area contributed by atoms with Crippen molar-refractivity contribution in [2.24, 2.45) is 0 Å². The van der Waals surface area contributed by atoms with Crippen LogP contribution in [0.4, 0.5) is 0 Å². The van der Waals surface area contributed by atoms with Gasteiger partial charge in [-0.3, -0.25) is 4.79 Å². The highest BCUT2D eigenvalue weighted by atomic mass is 16.2. The second-order valence-corrected chi connectivity index (χ2v) is 10.3. The highest BCUT2D eigenvalue weighted by molar-refractivity contribution is 5.99. The maximum atomic E-state index is 13.0. The second kappa shape index (κ2) is 12.9. The van der Waals surface area contributed by atoms with Gasteiger partial charge in [0.2, 0.25) is 0 Å². The number of hydrogen-bond donors (Lipinski definition) is 1. The van der Waals surface area contributed by atoms with Gasteiger partial charge in [0.15, 0.2) is 0 Å². The summed E-state index contributed by atoms with van der Waals surface area (Å²) in [5, 5.41) is 4.23. The van der Waals surface area contributed by atoms with Gasteiger partial charge in [-0.25, -0.2) is 0 Å². The lowest BCUT2D eigenvalue weighted by Gasteiger charge is -2.11. The van der Waals surface area contributed by atoms with Crippen LogP contribution in [-0.2, 0) is 22.7 Å². The van der Waals surface area contributed by atoms with Crippen LogP contribution in [-0.4, -0.2) is 16.6 Å². The van der Waals surface area contributed by atoms with Crippen molar-refractivity contribution in [2.75, 3.05) is 0 Å². The van der Waals surface area contributed by atoms with Gasteiger partial charge in [0, 0.05) is 35.2 Å². The number of nitrogens with zero attached hydrogens (tertiary/aromatic N) is 1. The average Bonchev–Trinajstić information content (AvgIpc) is 3.21. The summed E-state index contributed by atoms with van der Waals surface area (Å²) >= 11 is 0. The SMILES string of the molecule is Cc1c(C)n(Cc2ccc(-c3ccccc3)cc2)c2ccc(C(=O)NCc3cccc(C(C)C)c3)cc12.O=C=O. The quantitative estimate of drug-likeness (QED) is 0.238. The molecule has 4 aromatic carbocycles. The van der Waals surface area contributed by atoms with Gasteiger partial charge < -0.3 is 9.88 Å². The molecule has 0 spiro atoms. The summed E-state index contributed by atoms with van der Waals surface area (Å²) in [4.78, 5) is 29.3. The van der Waals surface area contributed by atoms with E-state index in [9.17, 15) is 4.79 Å². The molecule has 1 aromatic heterocycles. The molecule has 40 heavy (non-hydrogen) atoms. The molecule has 0 saturated carbocycles. The summed E-state index contributed by atoms with van der Waals surface area (Å²) < 4.78 is 2.35. The number of aryl methyl sites for hydroxylation is 1. The van der Waals surface area contributed by atoms with Crippen molar-refractivity contribution < 1.29 is 14.4 Å². The minimum Gasteiger partial charge on any atom is -0.348 e. The molecule has 0 aliphatic carbocycles. The molecule has 0 aliphatic rings. The molecular formula is C35H34N2O3. The second-order valence-electron chi connectivity index (χ2n) is 10.3. The van der Waals surface area contributed by atoms with E-state index in [0.717, 1.165) is 23.0 Å². The number of aromatic nitrogens is 1. The van der Waals surface area contributed by atoms with Crippen molar-refractivity contribution >= 4 is 23.0 Å². The van der Waals surface area contributed by atoms with E-state index in [0.29, 0.717) is 18.0 Å². The van der Waals surface area contributed by atoms with Crippen LogP contribution in [0.5, 0.6) is 0 Å². The minimum atomic E-state index is -0.0434. The molecule has 1 N–H and O–H groups in total. The summed E-state index contributed by atoms with van der Waals surface area (Å²) in [6.07, 6.45) is 0.250. The molecule has 5 nitrogen and oxygen atoms in total. The third kappa shape index (κ3) is 6.45. The van der Waals surface area contributed by atoms with Crippen molar-refractivity contribution in [1.82, 2.24) is 9.88 Å². The van der Waals surface area contributed by atoms with E-state index < -0.39 is 0 Å². The van der Waals surface area contributed by atoms with Gasteiger partial charge in [0.05, 0.1) is 0 Å². The largest absolute Gasteiger partial charge is 0.373 e. The molecule has 5 rings (SSSR count). The third-order valence-electron chi connectivity index (χ3n) is 7.37. The fourth-order valence-electron chi connectivity index (χ4n) is 4.96. The van der Waals surface area contributed by atoms with Gasteiger partial charge in [0.1, 0.15) is 0 Å².